The molecule has 2 atom stereocenters. The van der Waals surface area contributed by atoms with E-state index in [4.69, 9.17) is 0 Å². The van der Waals surface area contributed by atoms with Crippen LogP contribution in [0.25, 0.3) is 6.08 Å². The van der Waals surface area contributed by atoms with Gasteiger partial charge in [-0.15, -0.1) is 0 Å². The molecule has 104 valence electrons. The van der Waals surface area contributed by atoms with Crippen LogP contribution in [0.15, 0.2) is 24.3 Å². The third-order valence-corrected chi connectivity index (χ3v) is 2.31. The molecule has 6 heteroatoms. The molecule has 0 aliphatic carbocycles. The molecular weight excluding hydrogens is 258 g/mol. The molecule has 0 heterocycles. The normalized spacial score (nSPS) is 14.4. The number of hydrogen-bond acceptors (Lipinski definition) is 4. The van der Waals surface area contributed by atoms with Gasteiger partial charge < -0.3 is 14.9 Å². The quantitative estimate of drug-likeness (QED) is 0.792. The summed E-state index contributed by atoms with van der Waals surface area (Å²) in [6, 6.07) is 3.31. The number of rotatable bonds is 5. The Balaban J connectivity index is 2.78. The predicted molar refractivity (Wildman–Crippen MR) is 64.0 cm³/mol. The van der Waals surface area contributed by atoms with Crippen LogP contribution in [0, 0.1) is 11.6 Å². The highest BCUT2D eigenvalue weighted by molar-refractivity contribution is 5.75. The van der Waals surface area contributed by atoms with Crippen molar-refractivity contribution in [2.45, 2.75) is 19.1 Å². The van der Waals surface area contributed by atoms with Crippen LogP contribution in [0.4, 0.5) is 8.78 Å². The van der Waals surface area contributed by atoms with Crippen molar-refractivity contribution < 1.29 is 28.5 Å². The Labute approximate surface area is 108 Å². The molecule has 0 spiro atoms. The third-order valence-electron chi connectivity index (χ3n) is 2.31. The van der Waals surface area contributed by atoms with Gasteiger partial charge in [-0.2, -0.15) is 0 Å². The summed E-state index contributed by atoms with van der Waals surface area (Å²) >= 11 is 0. The Kier molecular flexibility index (Phi) is 5.59. The molecule has 0 bridgehead atoms. The average Bonchev–Trinajstić information content (AvgIpc) is 2.37. The molecule has 0 unspecified atom stereocenters. The summed E-state index contributed by atoms with van der Waals surface area (Å²) < 4.78 is 31.0. The second kappa shape index (κ2) is 6.96. The maximum absolute atomic E-state index is 13.3. The smallest absolute Gasteiger partial charge is 0.338 e. The molecule has 1 aromatic carbocycles. The van der Waals surface area contributed by atoms with Crippen molar-refractivity contribution in [3.63, 3.8) is 0 Å². The van der Waals surface area contributed by atoms with Gasteiger partial charge in [-0.05, 0) is 19.1 Å². The summed E-state index contributed by atoms with van der Waals surface area (Å²) in [5, 5.41) is 18.8. The molecule has 0 fully saturated rings. The highest BCUT2D eigenvalue weighted by Crippen LogP contribution is 2.14. The largest absolute Gasteiger partial charge is 0.464 e. The SMILES string of the molecule is CCOC(=O)[C@H](O)[C@@H](O)/C=C/c1c(F)cccc1F. The van der Waals surface area contributed by atoms with Crippen LogP contribution in [0.2, 0.25) is 0 Å². The Morgan fingerprint density at radius 1 is 1.37 bits per heavy atom. The number of carbonyl (C=O) groups is 1. The van der Waals surface area contributed by atoms with Gasteiger partial charge in [0.05, 0.1) is 6.61 Å². The first kappa shape index (κ1) is 15.3. The molecule has 0 radical (unpaired) electrons. The van der Waals surface area contributed by atoms with E-state index in [-0.39, 0.29) is 12.2 Å². The summed E-state index contributed by atoms with van der Waals surface area (Å²) in [4.78, 5) is 11.1. The lowest BCUT2D eigenvalue weighted by molar-refractivity contribution is -0.157. The first-order chi connectivity index (χ1) is 8.97. The lowest BCUT2D eigenvalue weighted by Gasteiger charge is -2.12. The first-order valence-corrected chi connectivity index (χ1v) is 5.62. The molecular formula is C13H14F2O4. The van der Waals surface area contributed by atoms with Gasteiger partial charge in [0.2, 0.25) is 0 Å². The van der Waals surface area contributed by atoms with Gasteiger partial charge in [0.15, 0.2) is 6.10 Å². The number of ether oxygens (including phenoxy) is 1. The zero-order valence-electron chi connectivity index (χ0n) is 10.2. The molecule has 19 heavy (non-hydrogen) atoms. The Morgan fingerprint density at radius 3 is 2.47 bits per heavy atom. The summed E-state index contributed by atoms with van der Waals surface area (Å²) in [7, 11) is 0. The monoisotopic (exact) mass is 272 g/mol. The van der Waals surface area contributed by atoms with Gasteiger partial charge in [-0.25, -0.2) is 13.6 Å². The standard InChI is InChI=1S/C13H14F2O4/c1-2-19-13(18)12(17)11(16)7-6-8-9(14)4-3-5-10(8)15/h3-7,11-12,16-17H,2H2,1H3/b7-6+/t11-,12+/m0/s1. The number of esters is 1. The summed E-state index contributed by atoms with van der Waals surface area (Å²) in [5.74, 6) is -2.63. The van der Waals surface area contributed by atoms with Crippen LogP contribution < -0.4 is 0 Å². The van der Waals surface area contributed by atoms with Crippen molar-refractivity contribution in [1.29, 1.82) is 0 Å². The van der Waals surface area contributed by atoms with Crippen LogP contribution in [0.1, 0.15) is 12.5 Å². The maximum Gasteiger partial charge on any atom is 0.338 e. The number of aliphatic hydroxyl groups is 2. The van der Waals surface area contributed by atoms with E-state index in [9.17, 15) is 23.8 Å². The van der Waals surface area contributed by atoms with Crippen LogP contribution in [-0.2, 0) is 9.53 Å². The molecule has 0 aliphatic heterocycles. The molecule has 4 nitrogen and oxygen atoms in total. The lowest BCUT2D eigenvalue weighted by atomic mass is 10.1. The van der Waals surface area contributed by atoms with E-state index < -0.39 is 29.8 Å². The Morgan fingerprint density at radius 2 is 1.95 bits per heavy atom. The number of benzene rings is 1. The van der Waals surface area contributed by atoms with Crippen LogP contribution in [0.5, 0.6) is 0 Å². The van der Waals surface area contributed by atoms with Gasteiger partial charge in [0.25, 0.3) is 0 Å². The summed E-state index contributed by atoms with van der Waals surface area (Å²) in [6.45, 7) is 1.59. The molecule has 0 aromatic heterocycles. The van der Waals surface area contributed by atoms with Gasteiger partial charge in [-0.1, -0.05) is 18.2 Å². The Hall–Kier alpha value is -1.79. The van der Waals surface area contributed by atoms with E-state index in [0.29, 0.717) is 0 Å². The van der Waals surface area contributed by atoms with Crippen molar-refractivity contribution in [1.82, 2.24) is 0 Å². The molecule has 0 aliphatic rings. The van der Waals surface area contributed by atoms with E-state index in [1.165, 1.54) is 6.07 Å². The maximum atomic E-state index is 13.3. The van der Waals surface area contributed by atoms with Crippen molar-refractivity contribution in [2.24, 2.45) is 0 Å². The van der Waals surface area contributed by atoms with Crippen molar-refractivity contribution in [3.8, 4) is 0 Å². The van der Waals surface area contributed by atoms with Crippen LogP contribution in [0.3, 0.4) is 0 Å². The van der Waals surface area contributed by atoms with Gasteiger partial charge in [-0.3, -0.25) is 0 Å². The highest BCUT2D eigenvalue weighted by Gasteiger charge is 2.23. The number of halogens is 2. The molecule has 2 N–H and O–H groups in total. The van der Waals surface area contributed by atoms with E-state index in [1.54, 1.807) is 6.92 Å². The topological polar surface area (TPSA) is 66.8 Å². The zero-order chi connectivity index (χ0) is 14.4. The average molecular weight is 272 g/mol. The summed E-state index contributed by atoms with van der Waals surface area (Å²) in [6.07, 6.45) is -1.54. The van der Waals surface area contributed by atoms with Crippen LogP contribution >= 0.6 is 0 Å². The Bertz CT molecular complexity index is 453. The van der Waals surface area contributed by atoms with E-state index in [2.05, 4.69) is 4.74 Å². The number of aliphatic hydroxyl groups excluding tert-OH is 2. The predicted octanol–water partition coefficient (Wildman–Crippen LogP) is 1.26. The molecule has 0 saturated heterocycles. The minimum Gasteiger partial charge on any atom is -0.464 e. The van der Waals surface area contributed by atoms with E-state index >= 15 is 0 Å². The lowest BCUT2D eigenvalue weighted by Crippen LogP contribution is -2.34. The second-order valence-corrected chi connectivity index (χ2v) is 3.68. The fourth-order valence-electron chi connectivity index (χ4n) is 1.34. The highest BCUT2D eigenvalue weighted by atomic mass is 19.1. The van der Waals surface area contributed by atoms with Gasteiger partial charge in [0, 0.05) is 5.56 Å². The summed E-state index contributed by atoms with van der Waals surface area (Å²) in [5.41, 5.74) is -0.363. The molecule has 1 aromatic rings. The van der Waals surface area contributed by atoms with E-state index in [1.807, 2.05) is 0 Å². The second-order valence-electron chi connectivity index (χ2n) is 3.68. The van der Waals surface area contributed by atoms with Crippen molar-refractivity contribution >= 4 is 12.0 Å². The third kappa shape index (κ3) is 4.11. The fraction of sp³-hybridized carbons (Fsp3) is 0.308. The minimum absolute atomic E-state index is 0.0499. The van der Waals surface area contributed by atoms with E-state index in [0.717, 1.165) is 24.3 Å². The fourth-order valence-corrected chi connectivity index (χ4v) is 1.34. The van der Waals surface area contributed by atoms with Crippen molar-refractivity contribution in [2.75, 3.05) is 6.61 Å². The number of carbonyl (C=O) groups excluding carboxylic acids is 1. The minimum atomic E-state index is -1.80. The van der Waals surface area contributed by atoms with Gasteiger partial charge >= 0.3 is 5.97 Å². The first-order valence-electron chi connectivity index (χ1n) is 5.62. The van der Waals surface area contributed by atoms with Crippen molar-refractivity contribution in [3.05, 3.63) is 41.5 Å². The van der Waals surface area contributed by atoms with Crippen LogP contribution in [-0.4, -0.2) is 35.0 Å². The molecule has 0 saturated carbocycles. The van der Waals surface area contributed by atoms with Gasteiger partial charge in [0.1, 0.15) is 17.7 Å². The zero-order valence-corrected chi connectivity index (χ0v) is 10.2. The molecule has 0 amide bonds. The molecule has 1 rings (SSSR count). The number of hydrogen-bond donors (Lipinski definition) is 2.